The predicted molar refractivity (Wildman–Crippen MR) is 83.6 cm³/mol. The van der Waals surface area contributed by atoms with Crippen LogP contribution < -0.4 is 0 Å². The Morgan fingerprint density at radius 1 is 1.21 bits per heavy atom. The van der Waals surface area contributed by atoms with E-state index in [1.54, 1.807) is 6.08 Å². The van der Waals surface area contributed by atoms with Crippen molar-refractivity contribution in [1.29, 1.82) is 0 Å². The molecule has 0 amide bonds. The number of benzene rings is 1. The maximum atomic E-state index is 5.33. The fourth-order valence-corrected chi connectivity index (χ4v) is 2.57. The Hall–Kier alpha value is -2.26. The lowest BCUT2D eigenvalue weighted by Crippen LogP contribution is -1.92. The number of hydrogen-bond donors (Lipinski definition) is 0. The highest BCUT2D eigenvalue weighted by molar-refractivity contribution is 5.76. The van der Waals surface area contributed by atoms with Crippen LogP contribution in [0.2, 0.25) is 0 Å². The van der Waals surface area contributed by atoms with Gasteiger partial charge in [0.15, 0.2) is 0 Å². The Balaban J connectivity index is 2.69. The highest BCUT2D eigenvalue weighted by Gasteiger charge is 2.15. The molecule has 0 saturated carbocycles. The first-order valence-corrected chi connectivity index (χ1v) is 6.43. The van der Waals surface area contributed by atoms with Crippen molar-refractivity contribution < 1.29 is 0 Å². The maximum Gasteiger partial charge on any atom is -0.00135 e. The summed E-state index contributed by atoms with van der Waals surface area (Å²) in [6, 6.07) is 8.54. The van der Waals surface area contributed by atoms with E-state index < -0.39 is 0 Å². The second kappa shape index (κ2) is 5.59. The van der Waals surface area contributed by atoms with Crippen molar-refractivity contribution in [2.75, 3.05) is 0 Å². The molecule has 0 fully saturated rings. The largest absolute Gasteiger partial charge is 0.115 e. The third-order valence-electron chi connectivity index (χ3n) is 3.70. The Labute approximate surface area is 115 Å². The quantitative estimate of drug-likeness (QED) is 0.663. The van der Waals surface area contributed by atoms with Gasteiger partial charge < -0.3 is 0 Å². The summed E-state index contributed by atoms with van der Waals surface area (Å²) in [5.74, 6) is 2.56. The van der Waals surface area contributed by atoms with Gasteiger partial charge in [0, 0.05) is 0 Å². The first kappa shape index (κ1) is 13.2. The van der Waals surface area contributed by atoms with Crippen LogP contribution in [0.4, 0.5) is 0 Å². The van der Waals surface area contributed by atoms with Gasteiger partial charge in [-0.05, 0) is 65.8 Å². The second-order valence-corrected chi connectivity index (χ2v) is 4.73. The van der Waals surface area contributed by atoms with Gasteiger partial charge in [-0.15, -0.1) is 6.42 Å². The highest BCUT2D eigenvalue weighted by Crippen LogP contribution is 2.33. The zero-order chi connectivity index (χ0) is 13.8. The molecular formula is C19H18. The van der Waals surface area contributed by atoms with Crippen LogP contribution >= 0.6 is 0 Å². The fraction of sp³-hybridized carbons (Fsp3) is 0.158. The molecule has 1 aliphatic rings. The van der Waals surface area contributed by atoms with Crippen molar-refractivity contribution in [2.45, 2.75) is 20.3 Å². The lowest BCUT2D eigenvalue weighted by atomic mass is 9.96. The van der Waals surface area contributed by atoms with Crippen LogP contribution in [0.25, 0.3) is 5.57 Å². The number of rotatable bonds is 2. The molecule has 0 heterocycles. The van der Waals surface area contributed by atoms with Crippen molar-refractivity contribution in [3.63, 3.8) is 0 Å². The van der Waals surface area contributed by atoms with E-state index in [0.717, 1.165) is 6.42 Å². The van der Waals surface area contributed by atoms with Crippen LogP contribution in [-0.4, -0.2) is 0 Å². The summed E-state index contributed by atoms with van der Waals surface area (Å²) < 4.78 is 0. The normalized spacial score (nSPS) is 15.2. The second-order valence-electron chi connectivity index (χ2n) is 4.73. The van der Waals surface area contributed by atoms with Gasteiger partial charge in [-0.3, -0.25) is 0 Å². The van der Waals surface area contributed by atoms with Gasteiger partial charge in [-0.25, -0.2) is 0 Å². The van der Waals surface area contributed by atoms with Crippen LogP contribution in [0, 0.1) is 12.3 Å². The monoisotopic (exact) mass is 246 g/mol. The Morgan fingerprint density at radius 2 is 1.95 bits per heavy atom. The summed E-state index contributed by atoms with van der Waals surface area (Å²) in [5.41, 5.74) is 7.68. The summed E-state index contributed by atoms with van der Waals surface area (Å²) in [7, 11) is 0. The molecule has 0 saturated heterocycles. The molecule has 1 aromatic rings. The van der Waals surface area contributed by atoms with Crippen LogP contribution in [-0.2, 0) is 6.42 Å². The summed E-state index contributed by atoms with van der Waals surface area (Å²) in [4.78, 5) is 0. The number of allylic oxidation sites excluding steroid dienone is 7. The number of fused-ring (bicyclic) bond motifs is 1. The average Bonchev–Trinajstić information content (AvgIpc) is 2.53. The van der Waals surface area contributed by atoms with E-state index in [2.05, 4.69) is 50.6 Å². The smallest absolute Gasteiger partial charge is 0.00135 e. The van der Waals surface area contributed by atoms with Gasteiger partial charge in [0.05, 0.1) is 0 Å². The van der Waals surface area contributed by atoms with Gasteiger partial charge in [-0.2, -0.15) is 0 Å². The van der Waals surface area contributed by atoms with Crippen molar-refractivity contribution in [2.24, 2.45) is 0 Å². The van der Waals surface area contributed by atoms with Gasteiger partial charge in [0.1, 0.15) is 0 Å². The lowest BCUT2D eigenvalue weighted by Gasteiger charge is -2.08. The Morgan fingerprint density at radius 3 is 2.63 bits per heavy atom. The molecule has 1 aromatic carbocycles. The van der Waals surface area contributed by atoms with Crippen molar-refractivity contribution in [3.05, 3.63) is 76.9 Å². The molecule has 0 spiro atoms. The first-order valence-electron chi connectivity index (χ1n) is 6.43. The molecule has 0 aromatic heterocycles. The van der Waals surface area contributed by atoms with Crippen molar-refractivity contribution in [1.82, 2.24) is 0 Å². The van der Waals surface area contributed by atoms with Gasteiger partial charge in [0.25, 0.3) is 0 Å². The predicted octanol–water partition coefficient (Wildman–Crippen LogP) is 4.71. The molecule has 0 unspecified atom stereocenters. The molecule has 0 bridgehead atoms. The van der Waals surface area contributed by atoms with Gasteiger partial charge >= 0.3 is 0 Å². The minimum Gasteiger partial charge on any atom is -0.115 e. The third-order valence-corrected chi connectivity index (χ3v) is 3.70. The molecule has 0 aliphatic heterocycles. The van der Waals surface area contributed by atoms with Crippen molar-refractivity contribution >= 4 is 5.57 Å². The summed E-state index contributed by atoms with van der Waals surface area (Å²) in [5, 5.41) is 0. The molecule has 0 N–H and O–H groups in total. The summed E-state index contributed by atoms with van der Waals surface area (Å²) in [6.45, 7) is 8.28. The van der Waals surface area contributed by atoms with E-state index in [4.69, 9.17) is 6.42 Å². The van der Waals surface area contributed by atoms with E-state index in [9.17, 15) is 0 Å². The van der Waals surface area contributed by atoms with Crippen LogP contribution in [0.5, 0.6) is 0 Å². The fourth-order valence-electron chi connectivity index (χ4n) is 2.57. The number of hydrogen-bond acceptors (Lipinski definition) is 0. The van der Waals surface area contributed by atoms with Crippen molar-refractivity contribution in [3.8, 4) is 12.3 Å². The molecule has 94 valence electrons. The minimum atomic E-state index is 0.893. The molecule has 2 rings (SSSR count). The lowest BCUT2D eigenvalue weighted by molar-refractivity contribution is 1.17. The van der Waals surface area contributed by atoms with E-state index in [1.165, 1.54) is 33.4 Å². The first-order chi connectivity index (χ1) is 9.19. The minimum absolute atomic E-state index is 0.893. The average molecular weight is 246 g/mol. The van der Waals surface area contributed by atoms with Crippen LogP contribution in [0.15, 0.2) is 65.8 Å². The van der Waals surface area contributed by atoms with E-state index in [0.29, 0.717) is 0 Å². The molecule has 1 aliphatic carbocycles. The SMILES string of the molecule is C#C/C=C\C1=C(C=C)C(C)=C(C)c2ccccc2C1. The van der Waals surface area contributed by atoms with E-state index in [-0.39, 0.29) is 0 Å². The van der Waals surface area contributed by atoms with E-state index in [1.807, 2.05) is 12.2 Å². The highest BCUT2D eigenvalue weighted by atomic mass is 14.2. The Kier molecular flexibility index (Phi) is 3.88. The Bertz CT molecular complexity index is 643. The molecule has 0 radical (unpaired) electrons. The van der Waals surface area contributed by atoms with Crippen LogP contribution in [0.3, 0.4) is 0 Å². The molecular weight excluding hydrogens is 228 g/mol. The van der Waals surface area contributed by atoms with Gasteiger partial charge in [-0.1, -0.05) is 42.8 Å². The molecule has 0 heteroatoms. The van der Waals surface area contributed by atoms with E-state index >= 15 is 0 Å². The standard InChI is InChI=1S/C19H18/c1-5-7-10-16-13-17-11-8-9-12-19(17)15(4)14(3)18(16)6-2/h1,6-12H,2,13H2,3-4H3/b10-7-. The molecule has 0 atom stereocenters. The maximum absolute atomic E-state index is 5.33. The molecule has 19 heavy (non-hydrogen) atoms. The third kappa shape index (κ3) is 2.46. The summed E-state index contributed by atoms with van der Waals surface area (Å²) >= 11 is 0. The zero-order valence-corrected chi connectivity index (χ0v) is 11.5. The number of terminal acetylenes is 1. The van der Waals surface area contributed by atoms with Gasteiger partial charge in [0.2, 0.25) is 0 Å². The topological polar surface area (TPSA) is 0 Å². The van der Waals surface area contributed by atoms with Crippen LogP contribution in [0.1, 0.15) is 25.0 Å². The molecule has 0 nitrogen and oxygen atoms in total. The zero-order valence-electron chi connectivity index (χ0n) is 11.5. The summed E-state index contributed by atoms with van der Waals surface area (Å²) in [6.07, 6.45) is 11.9.